The summed E-state index contributed by atoms with van der Waals surface area (Å²) in [6.07, 6.45) is 1.54. The number of carboxylic acid groups (broad SMARTS) is 1. The number of rotatable bonds is 4. The van der Waals surface area contributed by atoms with E-state index in [-0.39, 0.29) is 11.5 Å². The number of hydrogen-bond acceptors (Lipinski definition) is 4. The van der Waals surface area contributed by atoms with Gasteiger partial charge in [-0.15, -0.1) is 0 Å². The van der Waals surface area contributed by atoms with Gasteiger partial charge in [-0.25, -0.2) is 4.79 Å². The number of hydrogen-bond donors (Lipinski definition) is 1. The molecule has 0 unspecified atom stereocenters. The fourth-order valence-electron chi connectivity index (χ4n) is 1.91. The summed E-state index contributed by atoms with van der Waals surface area (Å²) in [6.45, 7) is 5.28. The van der Waals surface area contributed by atoms with E-state index in [1.807, 2.05) is 0 Å². The first-order valence-corrected chi connectivity index (χ1v) is 5.76. The molecule has 0 bridgehead atoms. The number of Topliss-reactive ketones (excluding diaryl/α,β-unsaturated/α-hetero) is 1. The molecule has 0 saturated carbocycles. The maximum atomic E-state index is 11.3. The molecule has 2 aromatic heterocycles. The highest BCUT2D eigenvalue weighted by molar-refractivity contribution is 5.97. The molecule has 2 aromatic rings. The van der Waals surface area contributed by atoms with Crippen LogP contribution in [-0.4, -0.2) is 26.6 Å². The van der Waals surface area contributed by atoms with E-state index in [1.54, 1.807) is 13.8 Å². The summed E-state index contributed by atoms with van der Waals surface area (Å²) in [5.74, 6) is -0.591. The van der Waals surface area contributed by atoms with Gasteiger partial charge in [0.05, 0.1) is 12.2 Å². The average molecular weight is 262 g/mol. The van der Waals surface area contributed by atoms with Crippen molar-refractivity contribution >= 4 is 11.8 Å². The van der Waals surface area contributed by atoms with E-state index < -0.39 is 5.97 Å². The van der Waals surface area contributed by atoms with Crippen molar-refractivity contribution in [2.75, 3.05) is 0 Å². The van der Waals surface area contributed by atoms with Crippen LogP contribution in [0.3, 0.4) is 0 Å². The van der Waals surface area contributed by atoms with Gasteiger partial charge in [-0.3, -0.25) is 4.79 Å². The molecule has 0 atom stereocenters. The number of aryl methyl sites for hydroxylation is 2. The van der Waals surface area contributed by atoms with Crippen molar-refractivity contribution in [3.8, 4) is 0 Å². The van der Waals surface area contributed by atoms with E-state index >= 15 is 0 Å². The molecule has 0 aliphatic heterocycles. The summed E-state index contributed by atoms with van der Waals surface area (Å²) in [4.78, 5) is 22.5. The van der Waals surface area contributed by atoms with Crippen LogP contribution in [0, 0.1) is 13.8 Å². The summed E-state index contributed by atoms with van der Waals surface area (Å²) in [6, 6.07) is 1.38. The molecule has 0 fully saturated rings. The number of aromatic carboxylic acids is 1. The van der Waals surface area contributed by atoms with E-state index in [1.165, 1.54) is 23.8 Å². The number of carboxylic acids is 1. The quantitative estimate of drug-likeness (QED) is 0.852. The second-order valence-electron chi connectivity index (χ2n) is 4.41. The first-order chi connectivity index (χ1) is 8.90. The molecule has 0 aliphatic carbocycles. The molecule has 1 N–H and O–H groups in total. The van der Waals surface area contributed by atoms with Crippen molar-refractivity contribution in [1.29, 1.82) is 0 Å². The topological polar surface area (TPSA) is 85.3 Å². The molecule has 6 nitrogen and oxygen atoms in total. The van der Waals surface area contributed by atoms with Crippen molar-refractivity contribution in [1.82, 2.24) is 9.72 Å². The summed E-state index contributed by atoms with van der Waals surface area (Å²) in [5.41, 5.74) is 1.99. The lowest BCUT2D eigenvalue weighted by molar-refractivity contribution is 0.0685. The van der Waals surface area contributed by atoms with Crippen molar-refractivity contribution in [3.05, 3.63) is 40.5 Å². The zero-order chi connectivity index (χ0) is 14.2. The van der Waals surface area contributed by atoms with Gasteiger partial charge >= 0.3 is 5.97 Å². The van der Waals surface area contributed by atoms with Crippen molar-refractivity contribution in [2.45, 2.75) is 27.3 Å². The predicted molar refractivity (Wildman–Crippen MR) is 66.5 cm³/mol. The second-order valence-corrected chi connectivity index (χ2v) is 4.41. The molecule has 6 heteroatoms. The Morgan fingerprint density at radius 2 is 2.11 bits per heavy atom. The number of aromatic nitrogens is 2. The van der Waals surface area contributed by atoms with Gasteiger partial charge in [-0.05, 0) is 26.8 Å². The number of ketones is 1. The molecule has 0 amide bonds. The third kappa shape index (κ3) is 2.42. The predicted octanol–water partition coefficient (Wildman–Crippen LogP) is 2.04. The van der Waals surface area contributed by atoms with Gasteiger partial charge in [0.1, 0.15) is 11.5 Å². The largest absolute Gasteiger partial charge is 0.477 e. The molecule has 2 heterocycles. The first kappa shape index (κ1) is 13.1. The van der Waals surface area contributed by atoms with Crippen LogP contribution in [0.1, 0.15) is 44.8 Å². The van der Waals surface area contributed by atoms with Gasteiger partial charge < -0.3 is 14.2 Å². The molecule has 0 aromatic carbocycles. The van der Waals surface area contributed by atoms with Crippen molar-refractivity contribution in [2.24, 2.45) is 0 Å². The maximum Gasteiger partial charge on any atom is 0.352 e. The highest BCUT2D eigenvalue weighted by atomic mass is 16.5. The molecule has 100 valence electrons. The van der Waals surface area contributed by atoms with E-state index in [9.17, 15) is 9.59 Å². The second kappa shape index (κ2) is 4.72. The fourth-order valence-corrected chi connectivity index (χ4v) is 1.91. The van der Waals surface area contributed by atoms with Gasteiger partial charge in [0.2, 0.25) is 0 Å². The minimum absolute atomic E-state index is 0.0743. The molecule has 0 aliphatic rings. The molecular formula is C13H14N2O4. The summed E-state index contributed by atoms with van der Waals surface area (Å²) in [5, 5.41) is 13.0. The number of carbonyl (C=O) groups is 2. The lowest BCUT2D eigenvalue weighted by Gasteiger charge is -2.05. The van der Waals surface area contributed by atoms with Crippen LogP contribution < -0.4 is 0 Å². The van der Waals surface area contributed by atoms with Crippen LogP contribution in [0.2, 0.25) is 0 Å². The Kier molecular flexibility index (Phi) is 3.25. The van der Waals surface area contributed by atoms with Crippen molar-refractivity contribution in [3.63, 3.8) is 0 Å². The molecular weight excluding hydrogens is 248 g/mol. The van der Waals surface area contributed by atoms with Gasteiger partial charge in [0, 0.05) is 17.3 Å². The van der Waals surface area contributed by atoms with Crippen LogP contribution in [0.4, 0.5) is 0 Å². The smallest absolute Gasteiger partial charge is 0.352 e. The standard InChI is InChI=1S/C13H14N2O4/c1-7-11(9(3)19-14-7)6-15-5-10(8(2)16)4-12(15)13(17)18/h4-5H,6H2,1-3H3,(H,17,18). The molecule has 19 heavy (non-hydrogen) atoms. The summed E-state index contributed by atoms with van der Waals surface area (Å²) < 4.78 is 6.56. The van der Waals surface area contributed by atoms with Crippen LogP contribution in [0.25, 0.3) is 0 Å². The molecule has 0 saturated heterocycles. The Bertz CT molecular complexity index is 632. The van der Waals surface area contributed by atoms with Crippen LogP contribution in [-0.2, 0) is 6.54 Å². The third-order valence-corrected chi connectivity index (χ3v) is 3.03. The molecule has 0 radical (unpaired) electrons. The minimum atomic E-state index is -1.07. The van der Waals surface area contributed by atoms with Crippen LogP contribution >= 0.6 is 0 Å². The fraction of sp³-hybridized carbons (Fsp3) is 0.308. The van der Waals surface area contributed by atoms with Crippen LogP contribution in [0.15, 0.2) is 16.8 Å². The zero-order valence-electron chi connectivity index (χ0n) is 10.9. The van der Waals surface area contributed by atoms with E-state index in [0.717, 1.165) is 5.56 Å². The molecule has 2 rings (SSSR count). The third-order valence-electron chi connectivity index (χ3n) is 3.03. The Hall–Kier alpha value is -2.37. The van der Waals surface area contributed by atoms with Gasteiger partial charge in [0.25, 0.3) is 0 Å². The first-order valence-electron chi connectivity index (χ1n) is 5.76. The van der Waals surface area contributed by atoms with E-state index in [4.69, 9.17) is 9.63 Å². The summed E-state index contributed by atoms with van der Waals surface area (Å²) in [7, 11) is 0. The highest BCUT2D eigenvalue weighted by Gasteiger charge is 2.17. The van der Waals surface area contributed by atoms with Crippen molar-refractivity contribution < 1.29 is 19.2 Å². The monoisotopic (exact) mass is 262 g/mol. The number of nitrogens with zero attached hydrogens (tertiary/aromatic N) is 2. The SMILES string of the molecule is CC(=O)c1cc(C(=O)O)n(Cc2c(C)noc2C)c1. The Balaban J connectivity index is 2.44. The Labute approximate surface area is 109 Å². The zero-order valence-corrected chi connectivity index (χ0v) is 10.9. The lowest BCUT2D eigenvalue weighted by atomic mass is 10.2. The lowest BCUT2D eigenvalue weighted by Crippen LogP contribution is -2.09. The average Bonchev–Trinajstić information content (AvgIpc) is 2.88. The Morgan fingerprint density at radius 3 is 2.58 bits per heavy atom. The van der Waals surface area contributed by atoms with E-state index in [2.05, 4.69) is 5.16 Å². The number of carbonyl (C=O) groups excluding carboxylic acids is 1. The maximum absolute atomic E-state index is 11.3. The van der Waals surface area contributed by atoms with Gasteiger partial charge in [-0.1, -0.05) is 5.16 Å². The van der Waals surface area contributed by atoms with Gasteiger partial charge in [0.15, 0.2) is 5.78 Å². The van der Waals surface area contributed by atoms with Crippen LogP contribution in [0.5, 0.6) is 0 Å². The van der Waals surface area contributed by atoms with Gasteiger partial charge in [-0.2, -0.15) is 0 Å². The van der Waals surface area contributed by atoms with E-state index in [0.29, 0.717) is 23.6 Å². The Morgan fingerprint density at radius 1 is 1.42 bits per heavy atom. The highest BCUT2D eigenvalue weighted by Crippen LogP contribution is 2.17. The normalized spacial score (nSPS) is 10.7. The molecule has 0 spiro atoms. The summed E-state index contributed by atoms with van der Waals surface area (Å²) >= 11 is 0. The minimum Gasteiger partial charge on any atom is -0.477 e.